The standard InChI is InChI=1S/C17H34N2O/c1-8-19-11-13(10-16(2,3)4)9-14(12-19)18-15(20)17(5,6)7/h13-14H,8-12H2,1-7H3,(H,18,20). The second-order valence-corrected chi connectivity index (χ2v) is 8.64. The average molecular weight is 282 g/mol. The van der Waals surface area contributed by atoms with Crippen LogP contribution in [-0.4, -0.2) is 36.5 Å². The predicted octanol–water partition coefficient (Wildman–Crippen LogP) is 3.30. The molecule has 0 aromatic rings. The van der Waals surface area contributed by atoms with Crippen molar-refractivity contribution in [2.75, 3.05) is 19.6 Å². The minimum atomic E-state index is -0.298. The first-order chi connectivity index (χ1) is 9.01. The summed E-state index contributed by atoms with van der Waals surface area (Å²) in [4.78, 5) is 14.7. The number of nitrogens with zero attached hydrogens (tertiary/aromatic N) is 1. The lowest BCUT2D eigenvalue weighted by molar-refractivity contribution is -0.129. The van der Waals surface area contributed by atoms with Gasteiger partial charge in [-0.2, -0.15) is 0 Å². The monoisotopic (exact) mass is 282 g/mol. The summed E-state index contributed by atoms with van der Waals surface area (Å²) in [7, 11) is 0. The van der Waals surface area contributed by atoms with Crippen molar-refractivity contribution in [2.24, 2.45) is 16.7 Å². The van der Waals surface area contributed by atoms with Crippen LogP contribution in [0.5, 0.6) is 0 Å². The molecule has 0 aliphatic carbocycles. The molecule has 1 rings (SSSR count). The molecule has 20 heavy (non-hydrogen) atoms. The Hall–Kier alpha value is -0.570. The van der Waals surface area contributed by atoms with Gasteiger partial charge in [0, 0.05) is 24.5 Å². The highest BCUT2D eigenvalue weighted by atomic mass is 16.2. The average Bonchev–Trinajstić information content (AvgIpc) is 2.24. The minimum absolute atomic E-state index is 0.176. The van der Waals surface area contributed by atoms with Gasteiger partial charge in [0.1, 0.15) is 0 Å². The van der Waals surface area contributed by atoms with E-state index in [1.165, 1.54) is 13.0 Å². The van der Waals surface area contributed by atoms with Crippen molar-refractivity contribution in [3.63, 3.8) is 0 Å². The van der Waals surface area contributed by atoms with Gasteiger partial charge in [0.15, 0.2) is 0 Å². The number of rotatable bonds is 3. The summed E-state index contributed by atoms with van der Waals surface area (Å²) < 4.78 is 0. The highest BCUT2D eigenvalue weighted by Crippen LogP contribution is 2.30. The van der Waals surface area contributed by atoms with E-state index in [0.29, 0.717) is 17.4 Å². The zero-order valence-corrected chi connectivity index (χ0v) is 14.5. The molecule has 118 valence electrons. The van der Waals surface area contributed by atoms with Gasteiger partial charge >= 0.3 is 0 Å². The van der Waals surface area contributed by atoms with E-state index in [0.717, 1.165) is 19.5 Å². The fourth-order valence-electron chi connectivity index (χ4n) is 3.08. The molecule has 3 heteroatoms. The molecule has 0 aromatic carbocycles. The molecule has 1 heterocycles. The van der Waals surface area contributed by atoms with Crippen LogP contribution in [0.2, 0.25) is 0 Å². The molecule has 0 bridgehead atoms. The molecule has 0 spiro atoms. The maximum atomic E-state index is 12.2. The number of likely N-dealkylation sites (tertiary alicyclic amines) is 1. The van der Waals surface area contributed by atoms with E-state index in [4.69, 9.17) is 0 Å². The number of likely N-dealkylation sites (N-methyl/N-ethyl adjacent to an activating group) is 1. The fraction of sp³-hybridized carbons (Fsp3) is 0.941. The van der Waals surface area contributed by atoms with E-state index in [1.54, 1.807) is 0 Å². The molecule has 0 aromatic heterocycles. The summed E-state index contributed by atoms with van der Waals surface area (Å²) in [5.41, 5.74) is 0.0635. The van der Waals surface area contributed by atoms with Crippen molar-refractivity contribution >= 4 is 5.91 Å². The zero-order valence-electron chi connectivity index (χ0n) is 14.5. The van der Waals surface area contributed by atoms with Gasteiger partial charge in [-0.1, -0.05) is 48.5 Å². The molecule has 3 nitrogen and oxygen atoms in total. The van der Waals surface area contributed by atoms with Crippen LogP contribution in [0.1, 0.15) is 61.3 Å². The number of carbonyl (C=O) groups is 1. The van der Waals surface area contributed by atoms with Crippen LogP contribution in [0.4, 0.5) is 0 Å². The number of piperidine rings is 1. The molecule has 1 aliphatic heterocycles. The summed E-state index contributed by atoms with van der Waals surface area (Å²) in [6, 6.07) is 0.308. The number of nitrogens with one attached hydrogen (secondary N) is 1. The van der Waals surface area contributed by atoms with Gasteiger partial charge in [0.05, 0.1) is 0 Å². The summed E-state index contributed by atoms with van der Waals surface area (Å²) in [6.45, 7) is 18.3. The van der Waals surface area contributed by atoms with E-state index >= 15 is 0 Å². The largest absolute Gasteiger partial charge is 0.352 e. The van der Waals surface area contributed by atoms with E-state index in [-0.39, 0.29) is 11.3 Å². The highest BCUT2D eigenvalue weighted by Gasteiger charge is 2.32. The van der Waals surface area contributed by atoms with Gasteiger partial charge in [-0.05, 0) is 30.7 Å². The Kier molecular flexibility index (Phi) is 5.65. The predicted molar refractivity (Wildman–Crippen MR) is 85.7 cm³/mol. The molecule has 1 saturated heterocycles. The molecule has 1 N–H and O–H groups in total. The van der Waals surface area contributed by atoms with Crippen molar-refractivity contribution in [3.8, 4) is 0 Å². The molecular formula is C17H34N2O. The number of amides is 1. The summed E-state index contributed by atoms with van der Waals surface area (Å²) in [6.07, 6.45) is 2.35. The van der Waals surface area contributed by atoms with Crippen molar-refractivity contribution in [1.29, 1.82) is 0 Å². The first-order valence-electron chi connectivity index (χ1n) is 8.04. The summed E-state index contributed by atoms with van der Waals surface area (Å²) in [5.74, 6) is 0.865. The zero-order chi connectivity index (χ0) is 15.6. The second-order valence-electron chi connectivity index (χ2n) is 8.64. The number of hydrogen-bond donors (Lipinski definition) is 1. The lowest BCUT2D eigenvalue weighted by Crippen LogP contribution is -2.53. The quantitative estimate of drug-likeness (QED) is 0.861. The highest BCUT2D eigenvalue weighted by molar-refractivity contribution is 5.81. The lowest BCUT2D eigenvalue weighted by Gasteiger charge is -2.40. The lowest BCUT2D eigenvalue weighted by atomic mass is 9.80. The van der Waals surface area contributed by atoms with E-state index < -0.39 is 0 Å². The molecule has 2 atom stereocenters. The van der Waals surface area contributed by atoms with Crippen LogP contribution in [0.25, 0.3) is 0 Å². The van der Waals surface area contributed by atoms with Crippen LogP contribution in [-0.2, 0) is 4.79 Å². The van der Waals surface area contributed by atoms with Gasteiger partial charge in [0.25, 0.3) is 0 Å². The molecule has 1 aliphatic rings. The summed E-state index contributed by atoms with van der Waals surface area (Å²) in [5, 5.41) is 3.26. The Balaban J connectivity index is 2.65. The van der Waals surface area contributed by atoms with Gasteiger partial charge in [-0.25, -0.2) is 0 Å². The Labute approximate surface area is 125 Å². The Bertz CT molecular complexity index is 325. The Morgan fingerprint density at radius 2 is 1.75 bits per heavy atom. The van der Waals surface area contributed by atoms with Crippen molar-refractivity contribution < 1.29 is 4.79 Å². The fourth-order valence-corrected chi connectivity index (χ4v) is 3.08. The van der Waals surface area contributed by atoms with Crippen molar-refractivity contribution in [3.05, 3.63) is 0 Å². The Morgan fingerprint density at radius 1 is 1.15 bits per heavy atom. The third-order valence-electron chi connectivity index (χ3n) is 3.98. The summed E-state index contributed by atoms with van der Waals surface area (Å²) >= 11 is 0. The third-order valence-corrected chi connectivity index (χ3v) is 3.98. The van der Waals surface area contributed by atoms with E-state index in [9.17, 15) is 4.79 Å². The third kappa shape index (κ3) is 5.82. The smallest absolute Gasteiger partial charge is 0.225 e. The first kappa shape index (κ1) is 17.5. The van der Waals surface area contributed by atoms with Crippen LogP contribution < -0.4 is 5.32 Å². The van der Waals surface area contributed by atoms with Gasteiger partial charge < -0.3 is 10.2 Å². The second kappa shape index (κ2) is 6.46. The molecule has 0 radical (unpaired) electrons. The van der Waals surface area contributed by atoms with Crippen LogP contribution in [0.3, 0.4) is 0 Å². The van der Waals surface area contributed by atoms with Gasteiger partial charge in [-0.15, -0.1) is 0 Å². The van der Waals surface area contributed by atoms with Crippen LogP contribution in [0, 0.1) is 16.7 Å². The van der Waals surface area contributed by atoms with Gasteiger partial charge in [-0.3, -0.25) is 4.79 Å². The first-order valence-corrected chi connectivity index (χ1v) is 8.04. The maximum absolute atomic E-state index is 12.2. The SMILES string of the molecule is CCN1CC(CC(C)(C)C)CC(NC(=O)C(C)(C)C)C1. The molecular weight excluding hydrogens is 248 g/mol. The molecule has 1 amide bonds. The van der Waals surface area contributed by atoms with E-state index in [2.05, 4.69) is 37.9 Å². The molecule has 2 unspecified atom stereocenters. The molecule has 1 fully saturated rings. The van der Waals surface area contributed by atoms with Crippen LogP contribution in [0.15, 0.2) is 0 Å². The van der Waals surface area contributed by atoms with E-state index in [1.807, 2.05) is 20.8 Å². The Morgan fingerprint density at radius 3 is 2.20 bits per heavy atom. The minimum Gasteiger partial charge on any atom is -0.352 e. The molecule has 0 saturated carbocycles. The number of hydrogen-bond acceptors (Lipinski definition) is 2. The van der Waals surface area contributed by atoms with Crippen molar-refractivity contribution in [2.45, 2.75) is 67.3 Å². The van der Waals surface area contributed by atoms with Crippen molar-refractivity contribution in [1.82, 2.24) is 10.2 Å². The van der Waals surface area contributed by atoms with Gasteiger partial charge in [0.2, 0.25) is 5.91 Å². The van der Waals surface area contributed by atoms with Crippen LogP contribution >= 0.6 is 0 Å². The maximum Gasteiger partial charge on any atom is 0.225 e. The topological polar surface area (TPSA) is 32.3 Å². The number of carbonyl (C=O) groups excluding carboxylic acids is 1. The normalized spacial score (nSPS) is 25.6.